The van der Waals surface area contributed by atoms with E-state index < -0.39 is 5.91 Å². The number of hydrogen-bond acceptors (Lipinski definition) is 10. The summed E-state index contributed by atoms with van der Waals surface area (Å²) >= 11 is 1.50. The topological polar surface area (TPSA) is 146 Å². The van der Waals surface area contributed by atoms with Crippen LogP contribution in [-0.2, 0) is 5.75 Å². The highest BCUT2D eigenvalue weighted by molar-refractivity contribution is 7.98. The number of aromatic nitrogens is 5. The van der Waals surface area contributed by atoms with Crippen molar-refractivity contribution in [2.24, 2.45) is 5.10 Å². The summed E-state index contributed by atoms with van der Waals surface area (Å²) in [5.41, 5.74) is 9.66. The number of benzene rings is 3. The number of hydrazone groups is 1. The molecule has 0 unspecified atom stereocenters. The maximum Gasteiger partial charge on any atom is 0.293 e. The standard InChI is InChI=1S/C24H20N8O3S/c1-34-20-12-11-15-7-5-6-10-17(15)18(20)13-26-28-24(33)21-19(14-36-16-8-3-2-4-9-16)32(31-27-21)23-22(25)29-35-30-23/h2-13H,14H2,1H3,(H2,25,29)(H,28,33)/b26-13-. The highest BCUT2D eigenvalue weighted by atomic mass is 32.2. The largest absolute Gasteiger partial charge is 0.496 e. The zero-order valence-electron chi connectivity index (χ0n) is 19.0. The Hall–Kier alpha value is -4.71. The van der Waals surface area contributed by atoms with Gasteiger partial charge in [-0.2, -0.15) is 9.78 Å². The molecule has 0 radical (unpaired) electrons. The Morgan fingerprint density at radius 1 is 1.14 bits per heavy atom. The van der Waals surface area contributed by atoms with Crippen LogP contribution in [0.15, 0.2) is 81.4 Å². The summed E-state index contributed by atoms with van der Waals surface area (Å²) in [6.45, 7) is 0. The Kier molecular flexibility index (Phi) is 6.58. The van der Waals surface area contributed by atoms with E-state index in [-0.39, 0.29) is 17.3 Å². The van der Waals surface area contributed by atoms with Gasteiger partial charge >= 0.3 is 0 Å². The molecule has 0 aliphatic rings. The van der Waals surface area contributed by atoms with Crippen LogP contribution in [0.25, 0.3) is 16.6 Å². The van der Waals surface area contributed by atoms with Crippen LogP contribution in [0.5, 0.6) is 5.75 Å². The van der Waals surface area contributed by atoms with E-state index in [2.05, 4.69) is 31.2 Å². The first-order valence-electron chi connectivity index (χ1n) is 10.8. The lowest BCUT2D eigenvalue weighted by Crippen LogP contribution is -2.20. The van der Waals surface area contributed by atoms with Crippen molar-refractivity contribution in [3.8, 4) is 11.6 Å². The van der Waals surface area contributed by atoms with Crippen LogP contribution in [0.2, 0.25) is 0 Å². The first kappa shape index (κ1) is 23.1. The van der Waals surface area contributed by atoms with Crippen molar-refractivity contribution in [1.29, 1.82) is 0 Å². The summed E-state index contributed by atoms with van der Waals surface area (Å²) in [6.07, 6.45) is 1.54. The molecule has 2 heterocycles. The number of rotatable bonds is 8. The van der Waals surface area contributed by atoms with Crippen molar-refractivity contribution in [2.75, 3.05) is 12.8 Å². The highest BCUT2D eigenvalue weighted by Gasteiger charge is 2.24. The number of thioether (sulfide) groups is 1. The number of fused-ring (bicyclic) bond motifs is 1. The van der Waals surface area contributed by atoms with Crippen LogP contribution in [-0.4, -0.2) is 44.5 Å². The van der Waals surface area contributed by atoms with Crippen LogP contribution >= 0.6 is 11.8 Å². The molecule has 1 amide bonds. The minimum atomic E-state index is -0.546. The molecule has 0 atom stereocenters. The van der Waals surface area contributed by atoms with Crippen molar-refractivity contribution in [2.45, 2.75) is 10.6 Å². The zero-order chi connectivity index (χ0) is 24.9. The Labute approximate surface area is 209 Å². The van der Waals surface area contributed by atoms with Gasteiger partial charge in [-0.3, -0.25) is 4.79 Å². The number of nitrogens with one attached hydrogen (secondary N) is 1. The van der Waals surface area contributed by atoms with Gasteiger partial charge in [-0.15, -0.1) is 16.9 Å². The second-order valence-electron chi connectivity index (χ2n) is 7.47. The summed E-state index contributed by atoms with van der Waals surface area (Å²) in [5, 5.41) is 21.6. The molecule has 3 N–H and O–H groups in total. The third-order valence-electron chi connectivity index (χ3n) is 5.30. The summed E-state index contributed by atoms with van der Waals surface area (Å²) in [4.78, 5) is 14.1. The average molecular weight is 501 g/mol. The van der Waals surface area contributed by atoms with Gasteiger partial charge in [0.25, 0.3) is 5.91 Å². The molecule has 11 nitrogen and oxygen atoms in total. The van der Waals surface area contributed by atoms with Gasteiger partial charge in [0.05, 0.1) is 19.0 Å². The van der Waals surface area contributed by atoms with Gasteiger partial charge in [-0.1, -0.05) is 53.7 Å². The molecular formula is C24H20N8O3S. The van der Waals surface area contributed by atoms with Crippen molar-refractivity contribution < 1.29 is 14.2 Å². The molecule has 0 spiro atoms. The van der Waals surface area contributed by atoms with Crippen LogP contribution in [0.1, 0.15) is 21.7 Å². The molecule has 0 saturated heterocycles. The lowest BCUT2D eigenvalue weighted by Gasteiger charge is -2.08. The molecular weight excluding hydrogens is 480 g/mol. The number of nitrogen functional groups attached to an aromatic ring is 1. The monoisotopic (exact) mass is 500 g/mol. The molecule has 12 heteroatoms. The highest BCUT2D eigenvalue weighted by Crippen LogP contribution is 2.27. The van der Waals surface area contributed by atoms with Crippen LogP contribution in [0.3, 0.4) is 0 Å². The van der Waals surface area contributed by atoms with E-state index in [1.54, 1.807) is 13.3 Å². The van der Waals surface area contributed by atoms with Crippen LogP contribution in [0.4, 0.5) is 5.82 Å². The quantitative estimate of drug-likeness (QED) is 0.186. The van der Waals surface area contributed by atoms with E-state index in [9.17, 15) is 4.79 Å². The minimum absolute atomic E-state index is 0.0268. The third-order valence-corrected chi connectivity index (χ3v) is 6.33. The smallest absolute Gasteiger partial charge is 0.293 e. The summed E-state index contributed by atoms with van der Waals surface area (Å²) in [5.74, 6) is 0.613. The van der Waals surface area contributed by atoms with Gasteiger partial charge in [0.15, 0.2) is 5.69 Å². The maximum atomic E-state index is 13.1. The second-order valence-corrected chi connectivity index (χ2v) is 8.52. The van der Waals surface area contributed by atoms with E-state index >= 15 is 0 Å². The third kappa shape index (κ3) is 4.61. The Balaban J connectivity index is 1.43. The molecule has 5 rings (SSSR count). The molecule has 0 saturated carbocycles. The lowest BCUT2D eigenvalue weighted by molar-refractivity contribution is 0.0949. The molecule has 0 fully saturated rings. The van der Waals surface area contributed by atoms with Gasteiger partial charge in [-0.25, -0.2) is 10.1 Å². The number of amides is 1. The first-order valence-corrected chi connectivity index (χ1v) is 11.7. The van der Waals surface area contributed by atoms with E-state index in [0.29, 0.717) is 17.2 Å². The minimum Gasteiger partial charge on any atom is -0.496 e. The fraction of sp³-hybridized carbons (Fsp3) is 0.0833. The molecule has 5 aromatic rings. The number of carbonyl (C=O) groups is 1. The lowest BCUT2D eigenvalue weighted by atomic mass is 10.0. The predicted octanol–water partition coefficient (Wildman–Crippen LogP) is 3.45. The molecule has 3 aromatic carbocycles. The number of nitrogens with zero attached hydrogens (tertiary/aromatic N) is 6. The van der Waals surface area contributed by atoms with Crippen molar-refractivity contribution >= 4 is 40.5 Å². The number of hydrogen-bond donors (Lipinski definition) is 2. The summed E-state index contributed by atoms with van der Waals surface area (Å²) < 4.78 is 11.5. The maximum absolute atomic E-state index is 13.1. The summed E-state index contributed by atoms with van der Waals surface area (Å²) in [7, 11) is 1.58. The Bertz CT molecular complexity index is 1550. The second kappa shape index (κ2) is 10.3. The molecule has 0 bridgehead atoms. The summed E-state index contributed by atoms with van der Waals surface area (Å²) in [6, 6.07) is 21.4. The van der Waals surface area contributed by atoms with E-state index in [1.165, 1.54) is 16.4 Å². The van der Waals surface area contributed by atoms with Gasteiger partial charge < -0.3 is 10.5 Å². The van der Waals surface area contributed by atoms with Crippen molar-refractivity contribution in [3.05, 3.63) is 83.7 Å². The van der Waals surface area contributed by atoms with Crippen molar-refractivity contribution in [3.63, 3.8) is 0 Å². The zero-order valence-corrected chi connectivity index (χ0v) is 19.8. The average Bonchev–Trinajstić information content (AvgIpc) is 3.53. The van der Waals surface area contributed by atoms with Gasteiger partial charge in [0.2, 0.25) is 11.6 Å². The van der Waals surface area contributed by atoms with E-state index in [1.807, 2.05) is 66.7 Å². The molecule has 2 aromatic heterocycles. The van der Waals surface area contributed by atoms with Gasteiger partial charge in [0.1, 0.15) is 5.75 Å². The molecule has 0 aliphatic heterocycles. The van der Waals surface area contributed by atoms with Crippen LogP contribution < -0.4 is 15.9 Å². The number of carbonyl (C=O) groups excluding carboxylic acids is 1. The fourth-order valence-corrected chi connectivity index (χ4v) is 4.49. The van der Waals surface area contributed by atoms with Crippen molar-refractivity contribution in [1.82, 2.24) is 30.7 Å². The predicted molar refractivity (Wildman–Crippen MR) is 135 cm³/mol. The first-order chi connectivity index (χ1) is 17.7. The van der Waals surface area contributed by atoms with Crippen LogP contribution in [0, 0.1) is 0 Å². The number of methoxy groups -OCH3 is 1. The van der Waals surface area contributed by atoms with E-state index in [0.717, 1.165) is 21.2 Å². The number of anilines is 1. The number of ether oxygens (including phenoxy) is 1. The molecule has 0 aliphatic carbocycles. The Morgan fingerprint density at radius 3 is 2.72 bits per heavy atom. The normalized spacial score (nSPS) is 11.2. The molecule has 180 valence electrons. The molecule has 36 heavy (non-hydrogen) atoms. The fourth-order valence-electron chi connectivity index (χ4n) is 3.58. The van der Waals surface area contributed by atoms with Gasteiger partial charge in [-0.05, 0) is 39.3 Å². The Morgan fingerprint density at radius 2 is 1.94 bits per heavy atom. The SMILES string of the molecule is COc1ccc2ccccc2c1/C=N\NC(=O)c1nnn(-c2nonc2N)c1CSc1ccccc1. The number of nitrogens with two attached hydrogens (primary N) is 1. The van der Waals surface area contributed by atoms with E-state index in [4.69, 9.17) is 15.1 Å². The van der Waals surface area contributed by atoms with Gasteiger partial charge in [0, 0.05) is 16.2 Å².